The number of ether oxygens (including phenoxy) is 1. The molecular weight excluding hydrogens is 296 g/mol. The third-order valence-electron chi connectivity index (χ3n) is 3.01. The molecule has 0 aliphatic heterocycles. The third-order valence-corrected chi connectivity index (χ3v) is 3.01. The molecule has 0 fully saturated rings. The summed E-state index contributed by atoms with van der Waals surface area (Å²) < 4.78 is 4.96. The summed E-state index contributed by atoms with van der Waals surface area (Å²) in [5.74, 6) is -1.15. The molecule has 0 aliphatic carbocycles. The van der Waals surface area contributed by atoms with E-state index in [1.54, 1.807) is 36.4 Å². The Kier molecular flexibility index (Phi) is 5.46. The highest BCUT2D eigenvalue weighted by Crippen LogP contribution is 2.11. The summed E-state index contributed by atoms with van der Waals surface area (Å²) in [4.78, 5) is 22.2. The van der Waals surface area contributed by atoms with Crippen LogP contribution in [0.15, 0.2) is 53.6 Å². The van der Waals surface area contributed by atoms with Crippen molar-refractivity contribution in [3.8, 4) is 5.75 Å². The van der Waals surface area contributed by atoms with Crippen LogP contribution in [0.2, 0.25) is 0 Å². The van der Waals surface area contributed by atoms with Crippen LogP contribution in [-0.2, 0) is 4.79 Å². The van der Waals surface area contributed by atoms with Gasteiger partial charge >= 0.3 is 0 Å². The van der Waals surface area contributed by atoms with E-state index in [9.17, 15) is 14.7 Å². The number of carbonyl (C=O) groups excluding carboxylic acids is 2. The van der Waals surface area contributed by atoms with Crippen LogP contribution in [-0.4, -0.2) is 24.7 Å². The second kappa shape index (κ2) is 7.74. The van der Waals surface area contributed by atoms with Gasteiger partial charge < -0.3 is 14.6 Å². The summed E-state index contributed by atoms with van der Waals surface area (Å²) in [6.45, 7) is 1.35. The molecule has 6 heteroatoms. The Hall–Kier alpha value is -3.15. The van der Waals surface area contributed by atoms with E-state index in [0.29, 0.717) is 11.3 Å². The van der Waals surface area contributed by atoms with Crippen molar-refractivity contribution in [2.75, 3.05) is 6.61 Å². The summed E-state index contributed by atoms with van der Waals surface area (Å²) in [6, 6.07) is 13.8. The standard InChI is InChI=1S/C17H16N2O4/c1-12-4-2-3-5-15(12)17(22)19-18-10-13-6-8-14(9-7-13)23-11-16(20)21/h2-10H,11H2,1H3,(H,19,22)(H,20,21)/p-1/b18-10-. The maximum Gasteiger partial charge on any atom is 0.271 e. The molecule has 0 heterocycles. The molecule has 0 spiro atoms. The molecule has 2 aromatic carbocycles. The van der Waals surface area contributed by atoms with Crippen LogP contribution in [0.25, 0.3) is 0 Å². The normalized spacial score (nSPS) is 10.5. The first-order valence-electron chi connectivity index (χ1n) is 6.88. The summed E-state index contributed by atoms with van der Waals surface area (Å²) in [6.07, 6.45) is 1.48. The van der Waals surface area contributed by atoms with Crippen LogP contribution in [0, 0.1) is 6.92 Å². The molecule has 0 saturated carbocycles. The van der Waals surface area contributed by atoms with Crippen molar-refractivity contribution in [2.24, 2.45) is 5.10 Å². The van der Waals surface area contributed by atoms with Gasteiger partial charge in [-0.3, -0.25) is 4.79 Å². The fourth-order valence-electron chi connectivity index (χ4n) is 1.85. The number of benzene rings is 2. The third kappa shape index (κ3) is 4.96. The Balaban J connectivity index is 1.92. The van der Waals surface area contributed by atoms with Gasteiger partial charge in [-0.2, -0.15) is 5.10 Å². The number of carboxylic acid groups (broad SMARTS) is 1. The van der Waals surface area contributed by atoms with Crippen molar-refractivity contribution in [3.63, 3.8) is 0 Å². The molecule has 2 rings (SSSR count). The Labute approximate surface area is 133 Å². The molecule has 0 saturated heterocycles. The van der Waals surface area contributed by atoms with Gasteiger partial charge in [0.15, 0.2) is 0 Å². The smallest absolute Gasteiger partial charge is 0.271 e. The monoisotopic (exact) mass is 311 g/mol. The van der Waals surface area contributed by atoms with E-state index in [1.165, 1.54) is 6.21 Å². The van der Waals surface area contributed by atoms with Gasteiger partial charge in [0.1, 0.15) is 12.4 Å². The average Bonchev–Trinajstić information content (AvgIpc) is 2.54. The van der Waals surface area contributed by atoms with Crippen molar-refractivity contribution >= 4 is 18.1 Å². The number of carboxylic acids is 1. The fourth-order valence-corrected chi connectivity index (χ4v) is 1.85. The highest BCUT2D eigenvalue weighted by molar-refractivity contribution is 5.96. The molecule has 1 N–H and O–H groups in total. The second-order valence-electron chi connectivity index (χ2n) is 4.74. The fraction of sp³-hybridized carbons (Fsp3) is 0.118. The van der Waals surface area contributed by atoms with Crippen molar-refractivity contribution in [3.05, 3.63) is 65.2 Å². The molecule has 0 radical (unpaired) electrons. The maximum atomic E-state index is 12.0. The number of aryl methyl sites for hydroxylation is 1. The zero-order chi connectivity index (χ0) is 16.7. The highest BCUT2D eigenvalue weighted by atomic mass is 16.5. The lowest BCUT2D eigenvalue weighted by Crippen LogP contribution is -2.28. The van der Waals surface area contributed by atoms with Crippen molar-refractivity contribution < 1.29 is 19.4 Å². The summed E-state index contributed by atoms with van der Waals surface area (Å²) in [5.41, 5.74) is 4.62. The molecule has 23 heavy (non-hydrogen) atoms. The van der Waals surface area contributed by atoms with E-state index < -0.39 is 12.6 Å². The van der Waals surface area contributed by atoms with E-state index in [4.69, 9.17) is 4.74 Å². The first-order valence-corrected chi connectivity index (χ1v) is 6.88. The minimum atomic E-state index is -1.28. The van der Waals surface area contributed by atoms with E-state index in [0.717, 1.165) is 11.1 Å². The lowest BCUT2D eigenvalue weighted by molar-refractivity contribution is -0.307. The number of hydrogen-bond donors (Lipinski definition) is 1. The number of nitrogens with zero attached hydrogens (tertiary/aromatic N) is 1. The van der Waals surface area contributed by atoms with Gasteiger partial charge in [0.25, 0.3) is 5.91 Å². The van der Waals surface area contributed by atoms with Crippen LogP contribution in [0.1, 0.15) is 21.5 Å². The van der Waals surface area contributed by atoms with Gasteiger partial charge in [0.05, 0.1) is 12.2 Å². The van der Waals surface area contributed by atoms with Crippen LogP contribution < -0.4 is 15.3 Å². The summed E-state index contributed by atoms with van der Waals surface area (Å²) in [7, 11) is 0. The number of rotatable bonds is 6. The number of amides is 1. The van der Waals surface area contributed by atoms with E-state index in [1.807, 2.05) is 19.1 Å². The number of hydrazone groups is 1. The van der Waals surface area contributed by atoms with Gasteiger partial charge in [-0.25, -0.2) is 5.43 Å². The first kappa shape index (κ1) is 16.2. The number of carbonyl (C=O) groups is 2. The second-order valence-corrected chi connectivity index (χ2v) is 4.74. The molecule has 0 bridgehead atoms. The first-order chi connectivity index (χ1) is 11.1. The van der Waals surface area contributed by atoms with Gasteiger partial charge in [-0.1, -0.05) is 18.2 Å². The SMILES string of the molecule is Cc1ccccc1C(=O)N/N=C\c1ccc(OCC(=O)[O-])cc1. The van der Waals surface area contributed by atoms with Gasteiger partial charge in [-0.05, 0) is 48.4 Å². The topological polar surface area (TPSA) is 90.8 Å². The van der Waals surface area contributed by atoms with E-state index >= 15 is 0 Å². The van der Waals surface area contributed by atoms with Crippen LogP contribution in [0.5, 0.6) is 5.75 Å². The molecule has 6 nitrogen and oxygen atoms in total. The quantitative estimate of drug-likeness (QED) is 0.633. The summed E-state index contributed by atoms with van der Waals surface area (Å²) in [5, 5.41) is 14.2. The van der Waals surface area contributed by atoms with Crippen LogP contribution >= 0.6 is 0 Å². The maximum absolute atomic E-state index is 12.0. The predicted molar refractivity (Wildman–Crippen MR) is 83.2 cm³/mol. The lowest BCUT2D eigenvalue weighted by atomic mass is 10.1. The van der Waals surface area contributed by atoms with Gasteiger partial charge in [-0.15, -0.1) is 0 Å². The molecule has 0 unspecified atom stereocenters. The van der Waals surface area contributed by atoms with Gasteiger partial charge in [0.2, 0.25) is 0 Å². The molecule has 2 aromatic rings. The largest absolute Gasteiger partial charge is 0.546 e. The molecule has 0 aromatic heterocycles. The Morgan fingerprint density at radius 3 is 2.52 bits per heavy atom. The number of nitrogens with one attached hydrogen (secondary N) is 1. The zero-order valence-corrected chi connectivity index (χ0v) is 12.5. The minimum Gasteiger partial charge on any atom is -0.546 e. The van der Waals surface area contributed by atoms with Crippen molar-refractivity contribution in [1.82, 2.24) is 5.43 Å². The Morgan fingerprint density at radius 1 is 1.17 bits per heavy atom. The Morgan fingerprint density at radius 2 is 1.87 bits per heavy atom. The molecule has 0 aliphatic rings. The minimum absolute atomic E-state index is 0.284. The van der Waals surface area contributed by atoms with Crippen LogP contribution in [0.4, 0.5) is 0 Å². The summed E-state index contributed by atoms with van der Waals surface area (Å²) >= 11 is 0. The van der Waals surface area contributed by atoms with Crippen molar-refractivity contribution in [2.45, 2.75) is 6.92 Å². The van der Waals surface area contributed by atoms with Crippen molar-refractivity contribution in [1.29, 1.82) is 0 Å². The molecule has 118 valence electrons. The van der Waals surface area contributed by atoms with Crippen LogP contribution in [0.3, 0.4) is 0 Å². The van der Waals surface area contributed by atoms with E-state index in [-0.39, 0.29) is 5.91 Å². The molecule has 0 atom stereocenters. The number of hydrogen-bond acceptors (Lipinski definition) is 5. The van der Waals surface area contributed by atoms with Gasteiger partial charge in [0, 0.05) is 5.56 Å². The Bertz CT molecular complexity index is 724. The zero-order valence-electron chi connectivity index (χ0n) is 12.5. The average molecular weight is 311 g/mol. The highest BCUT2D eigenvalue weighted by Gasteiger charge is 2.06. The predicted octanol–water partition coefficient (Wildman–Crippen LogP) is 0.888. The molecular formula is C17H15N2O4-. The molecule has 1 amide bonds. The van der Waals surface area contributed by atoms with E-state index in [2.05, 4.69) is 10.5 Å². The number of aliphatic carboxylic acids is 1. The lowest BCUT2D eigenvalue weighted by Gasteiger charge is -2.06.